The molecule has 2 rings (SSSR count). The van der Waals surface area contributed by atoms with Gasteiger partial charge in [0.1, 0.15) is 0 Å². The number of rotatable bonds is 32. The third-order valence-electron chi connectivity index (χ3n) is 9.76. The van der Waals surface area contributed by atoms with E-state index in [-0.39, 0.29) is 13.2 Å². The zero-order valence-corrected chi connectivity index (χ0v) is 33.6. The van der Waals surface area contributed by atoms with Gasteiger partial charge >= 0.3 is 0 Å². The maximum Gasteiger partial charge on any atom is 0.243 e. The van der Waals surface area contributed by atoms with Crippen molar-refractivity contribution in [1.82, 2.24) is 8.61 Å². The van der Waals surface area contributed by atoms with Crippen LogP contribution in [-0.2, 0) is 20.0 Å². The van der Waals surface area contributed by atoms with E-state index in [1.165, 1.54) is 0 Å². The molecule has 0 aliphatic heterocycles. The fourth-order valence-corrected chi connectivity index (χ4v) is 9.48. The summed E-state index contributed by atoms with van der Waals surface area (Å²) >= 11 is 0. The van der Waals surface area contributed by atoms with E-state index in [4.69, 9.17) is 10.2 Å². The Morgan fingerprint density at radius 3 is 0.824 bits per heavy atom. The second-order valence-electron chi connectivity index (χ2n) is 14.3. The minimum atomic E-state index is -3.54. The van der Waals surface area contributed by atoms with E-state index in [9.17, 15) is 16.8 Å². The number of aliphatic hydroxyl groups excluding tert-OH is 2. The van der Waals surface area contributed by atoms with E-state index in [0.717, 1.165) is 146 Å². The first-order valence-corrected chi connectivity index (χ1v) is 22.9. The Labute approximate surface area is 312 Å². The van der Waals surface area contributed by atoms with Crippen LogP contribution in [0.2, 0.25) is 0 Å². The summed E-state index contributed by atoms with van der Waals surface area (Å²) in [5, 5.41) is 17.9. The number of sulfonamides is 2. The SMILES string of the molecule is Cc1ccc(S(=O)(=O)N(CCCCCCCCCO)CCCCCCCCCN(CCCCCCCCCO)S(=O)(=O)c2ccc(C)cc2)cc1. The first-order chi connectivity index (χ1) is 24.6. The fraction of sp³-hybridized carbons (Fsp3) is 0.707. The summed E-state index contributed by atoms with van der Waals surface area (Å²) in [6, 6.07) is 14.3. The van der Waals surface area contributed by atoms with Gasteiger partial charge in [0.2, 0.25) is 20.0 Å². The van der Waals surface area contributed by atoms with Gasteiger partial charge in [0.15, 0.2) is 0 Å². The highest BCUT2D eigenvalue weighted by molar-refractivity contribution is 7.89. The summed E-state index contributed by atoms with van der Waals surface area (Å²) in [6.45, 7) is 6.57. The number of benzene rings is 2. The van der Waals surface area contributed by atoms with Crippen molar-refractivity contribution in [3.63, 3.8) is 0 Å². The molecule has 0 unspecified atom stereocenters. The average Bonchev–Trinajstić information content (AvgIpc) is 3.11. The highest BCUT2D eigenvalue weighted by Gasteiger charge is 2.25. The van der Waals surface area contributed by atoms with Crippen molar-refractivity contribution >= 4 is 20.0 Å². The van der Waals surface area contributed by atoms with Gasteiger partial charge < -0.3 is 10.2 Å². The van der Waals surface area contributed by atoms with Gasteiger partial charge in [0.25, 0.3) is 0 Å². The maximum absolute atomic E-state index is 13.5. The molecule has 2 aromatic carbocycles. The van der Waals surface area contributed by atoms with Gasteiger partial charge in [-0.2, -0.15) is 8.61 Å². The predicted molar refractivity (Wildman–Crippen MR) is 211 cm³/mol. The number of hydrogen-bond donors (Lipinski definition) is 2. The van der Waals surface area contributed by atoms with Crippen molar-refractivity contribution in [3.8, 4) is 0 Å². The molecular weight excluding hydrogens is 681 g/mol. The minimum absolute atomic E-state index is 0.251. The molecule has 51 heavy (non-hydrogen) atoms. The standard InChI is InChI=1S/C41H70N2O6S2/c1-38-24-28-40(29-25-38)50(46,47)42(34-20-14-8-4-10-16-22-36-44)32-18-12-6-3-7-13-19-33-43(35-21-15-9-5-11-17-23-37-45)51(48,49)41-30-26-39(2)27-31-41/h24-31,44-45H,3-23,32-37H2,1-2H3. The Morgan fingerprint density at radius 2 is 0.588 bits per heavy atom. The van der Waals surface area contributed by atoms with E-state index in [2.05, 4.69) is 0 Å². The van der Waals surface area contributed by atoms with Crippen molar-refractivity contribution in [2.45, 2.75) is 158 Å². The lowest BCUT2D eigenvalue weighted by Gasteiger charge is -2.23. The van der Waals surface area contributed by atoms with Gasteiger partial charge in [-0.15, -0.1) is 0 Å². The summed E-state index contributed by atoms with van der Waals surface area (Å²) in [7, 11) is -7.08. The monoisotopic (exact) mass is 750 g/mol. The number of unbranched alkanes of at least 4 members (excludes halogenated alkanes) is 18. The van der Waals surface area contributed by atoms with E-state index in [0.29, 0.717) is 36.0 Å². The van der Waals surface area contributed by atoms with Gasteiger partial charge in [-0.3, -0.25) is 0 Å². The Bertz CT molecular complexity index is 1260. The van der Waals surface area contributed by atoms with E-state index in [1.54, 1.807) is 32.9 Å². The summed E-state index contributed by atoms with van der Waals surface area (Å²) in [5.41, 5.74) is 2.08. The molecule has 2 aromatic rings. The number of aliphatic hydroxyl groups is 2. The van der Waals surface area contributed by atoms with Crippen molar-refractivity contribution in [1.29, 1.82) is 0 Å². The first-order valence-electron chi connectivity index (χ1n) is 20.0. The molecule has 0 fully saturated rings. The molecule has 0 aliphatic rings. The third kappa shape index (κ3) is 18.7. The van der Waals surface area contributed by atoms with Crippen LogP contribution in [0.5, 0.6) is 0 Å². The molecule has 8 nitrogen and oxygen atoms in total. The third-order valence-corrected chi connectivity index (χ3v) is 13.6. The normalized spacial score (nSPS) is 12.4. The summed E-state index contributed by atoms with van der Waals surface area (Å²) < 4.78 is 57.6. The van der Waals surface area contributed by atoms with Gasteiger partial charge in [-0.05, 0) is 76.6 Å². The second-order valence-corrected chi connectivity index (χ2v) is 18.2. The Kier molecular flexibility index (Phi) is 23.9. The molecular formula is C41H70N2O6S2. The molecule has 0 heterocycles. The number of nitrogens with zero attached hydrogens (tertiary/aromatic N) is 2. The van der Waals surface area contributed by atoms with Crippen LogP contribution in [0.1, 0.15) is 146 Å². The minimum Gasteiger partial charge on any atom is -0.396 e. The maximum atomic E-state index is 13.5. The molecule has 0 aliphatic carbocycles. The Balaban J connectivity index is 1.78. The van der Waals surface area contributed by atoms with Gasteiger partial charge in [-0.1, -0.05) is 132 Å². The van der Waals surface area contributed by atoms with Crippen LogP contribution >= 0.6 is 0 Å². The van der Waals surface area contributed by atoms with E-state index < -0.39 is 20.0 Å². The van der Waals surface area contributed by atoms with Crippen LogP contribution < -0.4 is 0 Å². The molecule has 10 heteroatoms. The molecule has 292 valence electrons. The zero-order valence-electron chi connectivity index (χ0n) is 31.9. The van der Waals surface area contributed by atoms with E-state index >= 15 is 0 Å². The van der Waals surface area contributed by atoms with Crippen LogP contribution in [0.15, 0.2) is 58.3 Å². The van der Waals surface area contributed by atoms with Crippen molar-refractivity contribution < 1.29 is 27.0 Å². The predicted octanol–water partition coefficient (Wildman–Crippen LogP) is 9.16. The second kappa shape index (κ2) is 26.9. The molecule has 0 amide bonds. The number of hydrogen-bond acceptors (Lipinski definition) is 6. The van der Waals surface area contributed by atoms with Crippen LogP contribution in [0, 0.1) is 13.8 Å². The molecule has 0 radical (unpaired) electrons. The van der Waals surface area contributed by atoms with Crippen molar-refractivity contribution in [2.24, 2.45) is 0 Å². The molecule has 0 aromatic heterocycles. The highest BCUT2D eigenvalue weighted by atomic mass is 32.2. The smallest absolute Gasteiger partial charge is 0.243 e. The van der Waals surface area contributed by atoms with Crippen LogP contribution in [0.25, 0.3) is 0 Å². The molecule has 0 saturated carbocycles. The van der Waals surface area contributed by atoms with Gasteiger partial charge in [0.05, 0.1) is 9.79 Å². The Hall–Kier alpha value is -1.82. The molecule has 0 bridgehead atoms. The summed E-state index contributed by atoms with van der Waals surface area (Å²) in [6.07, 6.45) is 20.9. The lowest BCUT2D eigenvalue weighted by atomic mass is 10.1. The van der Waals surface area contributed by atoms with Gasteiger partial charge in [-0.25, -0.2) is 16.8 Å². The zero-order chi connectivity index (χ0) is 37.2. The topological polar surface area (TPSA) is 115 Å². The van der Waals surface area contributed by atoms with Crippen LogP contribution in [0.4, 0.5) is 0 Å². The van der Waals surface area contributed by atoms with Crippen LogP contribution in [-0.4, -0.2) is 75.1 Å². The molecule has 0 spiro atoms. The Morgan fingerprint density at radius 1 is 0.373 bits per heavy atom. The average molecular weight is 751 g/mol. The lowest BCUT2D eigenvalue weighted by Crippen LogP contribution is -2.33. The quantitative estimate of drug-likeness (QED) is 0.0721. The molecule has 0 atom stereocenters. The lowest BCUT2D eigenvalue weighted by molar-refractivity contribution is 0.282. The largest absolute Gasteiger partial charge is 0.396 e. The highest BCUT2D eigenvalue weighted by Crippen LogP contribution is 2.21. The van der Waals surface area contributed by atoms with E-state index in [1.807, 2.05) is 38.1 Å². The molecule has 0 saturated heterocycles. The summed E-state index contributed by atoms with van der Waals surface area (Å²) in [4.78, 5) is 0.731. The number of aryl methyl sites for hydroxylation is 2. The van der Waals surface area contributed by atoms with Gasteiger partial charge in [0, 0.05) is 39.4 Å². The van der Waals surface area contributed by atoms with Crippen molar-refractivity contribution in [3.05, 3.63) is 59.7 Å². The molecule has 2 N–H and O–H groups in total. The first kappa shape index (κ1) is 45.3. The summed E-state index contributed by atoms with van der Waals surface area (Å²) in [5.74, 6) is 0. The van der Waals surface area contributed by atoms with Crippen LogP contribution in [0.3, 0.4) is 0 Å². The fourth-order valence-electron chi connectivity index (χ4n) is 6.45. The van der Waals surface area contributed by atoms with Crippen molar-refractivity contribution in [2.75, 3.05) is 39.4 Å².